The third-order valence-electron chi connectivity index (χ3n) is 3.55. The zero-order valence-corrected chi connectivity index (χ0v) is 15.6. The average Bonchev–Trinajstić information content (AvgIpc) is 2.69. The lowest BCUT2D eigenvalue weighted by Gasteiger charge is -2.11. The van der Waals surface area contributed by atoms with Gasteiger partial charge in [0.2, 0.25) is 0 Å². The van der Waals surface area contributed by atoms with Crippen LogP contribution in [0.5, 0.6) is 11.5 Å². The summed E-state index contributed by atoms with van der Waals surface area (Å²) in [6.07, 6.45) is 1.13. The van der Waals surface area contributed by atoms with Crippen molar-refractivity contribution < 1.29 is 19.2 Å². The molecule has 2 aromatic carbocycles. The van der Waals surface area contributed by atoms with E-state index in [1.165, 1.54) is 32.4 Å². The molecule has 2 rings (SSSR count). The third kappa shape index (κ3) is 4.90. The molecule has 10 heteroatoms. The Balaban J connectivity index is 2.21. The Labute approximate surface area is 165 Å². The van der Waals surface area contributed by atoms with Crippen LogP contribution in [0, 0.1) is 21.4 Å². The first kappa shape index (κ1) is 20.5. The average molecular weight is 403 g/mol. The summed E-state index contributed by atoms with van der Waals surface area (Å²) in [6.45, 7) is 0. The molecular formula is C18H15ClN4O5. The molecular weight excluding hydrogens is 388 g/mol. The van der Waals surface area contributed by atoms with E-state index < -0.39 is 10.8 Å². The first-order valence-electron chi connectivity index (χ1n) is 7.73. The molecule has 0 bridgehead atoms. The number of amides is 1. The topological polar surface area (TPSA) is 127 Å². The number of carbonyl (C=O) groups excluding carboxylic acids is 1. The normalized spacial score (nSPS) is 10.6. The lowest BCUT2D eigenvalue weighted by atomic mass is 10.2. The largest absolute Gasteiger partial charge is 0.497 e. The second kappa shape index (κ2) is 9.25. The number of halogens is 1. The van der Waals surface area contributed by atoms with E-state index in [9.17, 15) is 20.2 Å². The summed E-state index contributed by atoms with van der Waals surface area (Å²) >= 11 is 5.75. The molecule has 0 unspecified atom stereocenters. The van der Waals surface area contributed by atoms with Gasteiger partial charge in [-0.3, -0.25) is 14.9 Å². The quantitative estimate of drug-likeness (QED) is 0.312. The van der Waals surface area contributed by atoms with Crippen molar-refractivity contribution in [2.75, 3.05) is 24.9 Å². The standard InChI is InChI=1S/C18H15ClN4O5/c1-27-13-4-6-17(28-2)15(8-13)22-18(24)11(9-20)10-21-12-3-5-14(19)16(7-12)23(25)26/h3-8,10,21H,1-2H3,(H,22,24)/b11-10-. The molecule has 0 saturated heterocycles. The highest BCUT2D eigenvalue weighted by atomic mass is 35.5. The monoisotopic (exact) mass is 402 g/mol. The van der Waals surface area contributed by atoms with Crippen molar-refractivity contribution >= 4 is 34.6 Å². The fraction of sp³-hybridized carbons (Fsp3) is 0.111. The second-order valence-corrected chi connectivity index (χ2v) is 5.66. The molecule has 2 aromatic rings. The van der Waals surface area contributed by atoms with Crippen LogP contribution < -0.4 is 20.1 Å². The van der Waals surface area contributed by atoms with E-state index in [1.54, 1.807) is 24.3 Å². The van der Waals surface area contributed by atoms with Gasteiger partial charge in [-0.25, -0.2) is 0 Å². The van der Waals surface area contributed by atoms with Gasteiger partial charge in [0, 0.05) is 24.0 Å². The maximum Gasteiger partial charge on any atom is 0.289 e. The van der Waals surface area contributed by atoms with Gasteiger partial charge in [-0.15, -0.1) is 0 Å². The highest BCUT2D eigenvalue weighted by Gasteiger charge is 2.15. The zero-order chi connectivity index (χ0) is 20.7. The Bertz CT molecular complexity index is 984. The molecule has 0 aliphatic heterocycles. The molecule has 9 nitrogen and oxygen atoms in total. The van der Waals surface area contributed by atoms with Crippen molar-refractivity contribution in [1.82, 2.24) is 0 Å². The Kier molecular flexibility index (Phi) is 6.79. The van der Waals surface area contributed by atoms with E-state index in [0.717, 1.165) is 6.20 Å². The molecule has 28 heavy (non-hydrogen) atoms. The van der Waals surface area contributed by atoms with Crippen LogP contribution in [0.25, 0.3) is 0 Å². The number of nitro benzene ring substituents is 1. The Hall–Kier alpha value is -3.77. The highest BCUT2D eigenvalue weighted by molar-refractivity contribution is 6.32. The van der Waals surface area contributed by atoms with Crippen LogP contribution in [0.3, 0.4) is 0 Å². The van der Waals surface area contributed by atoms with Gasteiger partial charge >= 0.3 is 0 Å². The fourth-order valence-corrected chi connectivity index (χ4v) is 2.33. The van der Waals surface area contributed by atoms with Gasteiger partial charge in [0.15, 0.2) is 0 Å². The number of hydrogen-bond donors (Lipinski definition) is 2. The molecule has 1 amide bonds. The van der Waals surface area contributed by atoms with Crippen LogP contribution in [0.15, 0.2) is 48.2 Å². The number of nitriles is 1. The number of benzene rings is 2. The summed E-state index contributed by atoms with van der Waals surface area (Å²) < 4.78 is 10.3. The molecule has 0 aliphatic carbocycles. The van der Waals surface area contributed by atoms with Crippen LogP contribution in [0.1, 0.15) is 0 Å². The molecule has 0 saturated carbocycles. The maximum absolute atomic E-state index is 12.4. The molecule has 0 aliphatic rings. The minimum atomic E-state index is -0.704. The highest BCUT2D eigenvalue weighted by Crippen LogP contribution is 2.29. The summed E-state index contributed by atoms with van der Waals surface area (Å²) in [6, 6.07) is 10.6. The molecule has 0 heterocycles. The second-order valence-electron chi connectivity index (χ2n) is 5.26. The summed E-state index contributed by atoms with van der Waals surface area (Å²) in [7, 11) is 2.91. The number of rotatable bonds is 7. The first-order chi connectivity index (χ1) is 13.4. The van der Waals surface area contributed by atoms with Crippen LogP contribution in [-0.4, -0.2) is 25.1 Å². The molecule has 0 fully saturated rings. The van der Waals surface area contributed by atoms with Gasteiger partial charge in [0.05, 0.1) is 24.8 Å². The van der Waals surface area contributed by atoms with Crippen LogP contribution in [-0.2, 0) is 4.79 Å². The van der Waals surface area contributed by atoms with Gasteiger partial charge in [0.1, 0.15) is 28.2 Å². The van der Waals surface area contributed by atoms with E-state index >= 15 is 0 Å². The van der Waals surface area contributed by atoms with Gasteiger partial charge < -0.3 is 20.1 Å². The minimum Gasteiger partial charge on any atom is -0.497 e. The first-order valence-corrected chi connectivity index (χ1v) is 8.11. The fourth-order valence-electron chi connectivity index (χ4n) is 2.15. The van der Waals surface area contributed by atoms with Crippen molar-refractivity contribution in [3.63, 3.8) is 0 Å². The van der Waals surface area contributed by atoms with E-state index in [1.807, 2.05) is 0 Å². The van der Waals surface area contributed by atoms with Gasteiger partial charge in [-0.05, 0) is 24.3 Å². The molecule has 0 radical (unpaired) electrons. The number of anilines is 2. The van der Waals surface area contributed by atoms with Crippen LogP contribution >= 0.6 is 11.6 Å². The van der Waals surface area contributed by atoms with Crippen molar-refractivity contribution in [3.8, 4) is 17.6 Å². The van der Waals surface area contributed by atoms with Gasteiger partial charge in [0.25, 0.3) is 11.6 Å². The number of nitro groups is 1. The van der Waals surface area contributed by atoms with E-state index in [-0.39, 0.29) is 22.0 Å². The Morgan fingerprint density at radius 2 is 2.00 bits per heavy atom. The Morgan fingerprint density at radius 1 is 1.25 bits per heavy atom. The zero-order valence-electron chi connectivity index (χ0n) is 14.9. The van der Waals surface area contributed by atoms with Crippen molar-refractivity contribution in [3.05, 3.63) is 63.3 Å². The van der Waals surface area contributed by atoms with Crippen molar-refractivity contribution in [2.45, 2.75) is 0 Å². The Morgan fingerprint density at radius 3 is 2.61 bits per heavy atom. The van der Waals surface area contributed by atoms with E-state index in [4.69, 9.17) is 21.1 Å². The van der Waals surface area contributed by atoms with Crippen molar-refractivity contribution in [2.24, 2.45) is 0 Å². The number of methoxy groups -OCH3 is 2. The summed E-state index contributed by atoms with van der Waals surface area (Å²) in [5, 5.41) is 25.4. The number of hydrogen-bond acceptors (Lipinski definition) is 7. The minimum absolute atomic E-state index is 0.0251. The number of carbonyl (C=O) groups is 1. The summed E-state index contributed by atoms with van der Waals surface area (Å²) in [4.78, 5) is 22.7. The predicted octanol–water partition coefficient (Wildman–Crippen LogP) is 3.72. The summed E-state index contributed by atoms with van der Waals surface area (Å²) in [5.74, 6) is 0.169. The van der Waals surface area contributed by atoms with Gasteiger partial charge in [-0.2, -0.15) is 5.26 Å². The van der Waals surface area contributed by atoms with Crippen LogP contribution in [0.2, 0.25) is 5.02 Å². The molecule has 2 N–H and O–H groups in total. The van der Waals surface area contributed by atoms with Crippen molar-refractivity contribution in [1.29, 1.82) is 5.26 Å². The number of nitrogens with zero attached hydrogens (tertiary/aromatic N) is 2. The van der Waals surface area contributed by atoms with E-state index in [2.05, 4.69) is 10.6 Å². The van der Waals surface area contributed by atoms with E-state index in [0.29, 0.717) is 17.2 Å². The predicted molar refractivity (Wildman–Crippen MR) is 104 cm³/mol. The number of ether oxygens (including phenoxy) is 2. The number of nitrogens with one attached hydrogen (secondary N) is 2. The lowest BCUT2D eigenvalue weighted by Crippen LogP contribution is -2.15. The molecule has 144 valence electrons. The smallest absolute Gasteiger partial charge is 0.289 e. The van der Waals surface area contributed by atoms with Crippen LogP contribution in [0.4, 0.5) is 17.1 Å². The summed E-state index contributed by atoms with van der Waals surface area (Å²) in [5.41, 5.74) is 0.0392. The molecule has 0 atom stereocenters. The molecule has 0 spiro atoms. The van der Waals surface area contributed by atoms with Gasteiger partial charge in [-0.1, -0.05) is 11.6 Å². The maximum atomic E-state index is 12.4. The lowest BCUT2D eigenvalue weighted by molar-refractivity contribution is -0.384. The SMILES string of the molecule is COc1ccc(OC)c(NC(=O)/C(C#N)=C\Nc2ccc(Cl)c([N+](=O)[O-])c2)c1. The molecule has 0 aromatic heterocycles. The third-order valence-corrected chi connectivity index (χ3v) is 3.87.